The maximum absolute atomic E-state index is 11.9. The van der Waals surface area contributed by atoms with Gasteiger partial charge in [-0.1, -0.05) is 29.8 Å². The summed E-state index contributed by atoms with van der Waals surface area (Å²) in [6.07, 6.45) is 0.960. The third kappa shape index (κ3) is 4.13. The number of halogens is 1. The number of methoxy groups -OCH3 is 1. The van der Waals surface area contributed by atoms with Crippen molar-refractivity contribution < 1.29 is 9.53 Å². The summed E-state index contributed by atoms with van der Waals surface area (Å²) < 4.78 is 5.10. The molecular weight excluding hydrogens is 288 g/mol. The molecule has 5 heteroatoms. The molecule has 0 saturated carbocycles. The van der Waals surface area contributed by atoms with Crippen LogP contribution in [-0.2, 0) is 11.2 Å². The molecule has 0 atom stereocenters. The van der Waals surface area contributed by atoms with Gasteiger partial charge in [0, 0.05) is 6.42 Å². The van der Waals surface area contributed by atoms with Crippen LogP contribution in [0, 0.1) is 0 Å². The summed E-state index contributed by atoms with van der Waals surface area (Å²) in [5.41, 5.74) is 8.02. The largest absolute Gasteiger partial charge is 0.495 e. The normalized spacial score (nSPS) is 10.2. The Hall–Kier alpha value is -2.20. The van der Waals surface area contributed by atoms with Gasteiger partial charge >= 0.3 is 0 Å². The van der Waals surface area contributed by atoms with E-state index in [9.17, 15) is 4.79 Å². The van der Waals surface area contributed by atoms with Gasteiger partial charge < -0.3 is 15.8 Å². The van der Waals surface area contributed by atoms with E-state index in [-0.39, 0.29) is 5.91 Å². The molecule has 2 aromatic carbocycles. The number of aryl methyl sites for hydroxylation is 1. The van der Waals surface area contributed by atoms with E-state index in [1.165, 1.54) is 0 Å². The standard InChI is InChI=1S/C16H17ClN2O2/c1-21-15-8-6-11(10-13(15)18)7-9-16(20)19-14-5-3-2-4-12(14)17/h2-6,8,10H,7,9,18H2,1H3,(H,19,20). The number of ether oxygens (including phenoxy) is 1. The average molecular weight is 305 g/mol. The van der Waals surface area contributed by atoms with E-state index in [2.05, 4.69) is 5.32 Å². The highest BCUT2D eigenvalue weighted by atomic mass is 35.5. The van der Waals surface area contributed by atoms with Gasteiger partial charge in [-0.25, -0.2) is 0 Å². The Labute approximate surface area is 128 Å². The highest BCUT2D eigenvalue weighted by Gasteiger charge is 2.07. The maximum atomic E-state index is 11.9. The first-order chi connectivity index (χ1) is 10.1. The van der Waals surface area contributed by atoms with Crippen LogP contribution in [0.5, 0.6) is 5.75 Å². The summed E-state index contributed by atoms with van der Waals surface area (Å²) in [6, 6.07) is 12.7. The third-order valence-corrected chi connectivity index (χ3v) is 3.41. The number of hydrogen-bond acceptors (Lipinski definition) is 3. The van der Waals surface area contributed by atoms with Crippen molar-refractivity contribution >= 4 is 28.9 Å². The Morgan fingerprint density at radius 3 is 2.71 bits per heavy atom. The number of nitrogens with one attached hydrogen (secondary N) is 1. The second kappa shape index (κ2) is 6.99. The molecule has 4 nitrogen and oxygen atoms in total. The van der Waals surface area contributed by atoms with Crippen LogP contribution in [0.1, 0.15) is 12.0 Å². The second-order valence-electron chi connectivity index (χ2n) is 4.60. The lowest BCUT2D eigenvalue weighted by Gasteiger charge is -2.08. The lowest BCUT2D eigenvalue weighted by Crippen LogP contribution is -2.12. The monoisotopic (exact) mass is 304 g/mol. The number of nitrogens with two attached hydrogens (primary N) is 1. The van der Waals surface area contributed by atoms with Gasteiger partial charge in [0.25, 0.3) is 0 Å². The van der Waals surface area contributed by atoms with Crippen molar-refractivity contribution in [3.05, 3.63) is 53.1 Å². The molecule has 0 aliphatic heterocycles. The molecule has 0 aliphatic carbocycles. The Morgan fingerprint density at radius 1 is 1.29 bits per heavy atom. The summed E-state index contributed by atoms with van der Waals surface area (Å²) >= 11 is 5.99. The minimum absolute atomic E-state index is 0.0857. The topological polar surface area (TPSA) is 64.3 Å². The number of hydrogen-bond donors (Lipinski definition) is 2. The highest BCUT2D eigenvalue weighted by Crippen LogP contribution is 2.23. The van der Waals surface area contributed by atoms with Crippen LogP contribution in [0.3, 0.4) is 0 Å². The molecule has 0 heterocycles. The molecule has 0 aliphatic rings. The first-order valence-electron chi connectivity index (χ1n) is 6.57. The van der Waals surface area contributed by atoms with Crippen molar-refractivity contribution in [2.24, 2.45) is 0 Å². The Kier molecular flexibility index (Phi) is 5.06. The van der Waals surface area contributed by atoms with E-state index < -0.39 is 0 Å². The second-order valence-corrected chi connectivity index (χ2v) is 5.01. The van der Waals surface area contributed by atoms with Crippen LogP contribution in [0.2, 0.25) is 5.02 Å². The fraction of sp³-hybridized carbons (Fsp3) is 0.188. The van der Waals surface area contributed by atoms with Gasteiger partial charge in [0.2, 0.25) is 5.91 Å². The van der Waals surface area contributed by atoms with Gasteiger partial charge in [0.1, 0.15) is 5.75 Å². The molecule has 0 aromatic heterocycles. The fourth-order valence-corrected chi connectivity index (χ4v) is 2.16. The SMILES string of the molecule is COc1ccc(CCC(=O)Nc2ccccc2Cl)cc1N. The molecule has 0 spiro atoms. The summed E-state index contributed by atoms with van der Waals surface area (Å²) in [5, 5.41) is 3.32. The lowest BCUT2D eigenvalue weighted by atomic mass is 10.1. The first kappa shape index (κ1) is 15.2. The van der Waals surface area contributed by atoms with Crippen LogP contribution >= 0.6 is 11.6 Å². The maximum Gasteiger partial charge on any atom is 0.224 e. The van der Waals surface area contributed by atoms with Gasteiger partial charge in [-0.05, 0) is 36.2 Å². The van der Waals surface area contributed by atoms with E-state index in [1.54, 1.807) is 25.3 Å². The van der Waals surface area contributed by atoms with Crippen LogP contribution in [-0.4, -0.2) is 13.0 Å². The Bertz CT molecular complexity index is 644. The smallest absolute Gasteiger partial charge is 0.224 e. The highest BCUT2D eigenvalue weighted by molar-refractivity contribution is 6.33. The molecule has 0 radical (unpaired) electrons. The minimum Gasteiger partial charge on any atom is -0.495 e. The van der Waals surface area contributed by atoms with Gasteiger partial charge in [0.15, 0.2) is 0 Å². The number of rotatable bonds is 5. The van der Waals surface area contributed by atoms with Crippen LogP contribution in [0.25, 0.3) is 0 Å². The van der Waals surface area contributed by atoms with Gasteiger partial charge in [-0.15, -0.1) is 0 Å². The van der Waals surface area contributed by atoms with Crippen LogP contribution in [0.4, 0.5) is 11.4 Å². The van der Waals surface area contributed by atoms with Crippen molar-refractivity contribution in [2.75, 3.05) is 18.2 Å². The van der Waals surface area contributed by atoms with Gasteiger partial charge in [-0.3, -0.25) is 4.79 Å². The fourth-order valence-electron chi connectivity index (χ4n) is 1.97. The third-order valence-electron chi connectivity index (χ3n) is 3.08. The van der Waals surface area contributed by atoms with Gasteiger partial charge in [0.05, 0.1) is 23.5 Å². The molecule has 21 heavy (non-hydrogen) atoms. The summed E-state index contributed by atoms with van der Waals surface area (Å²) in [5.74, 6) is 0.553. The van der Waals surface area contributed by atoms with Crippen molar-refractivity contribution in [3.8, 4) is 5.75 Å². The Balaban J connectivity index is 1.92. The lowest BCUT2D eigenvalue weighted by molar-refractivity contribution is -0.116. The predicted octanol–water partition coefficient (Wildman–Crippen LogP) is 3.50. The molecule has 0 fully saturated rings. The zero-order valence-corrected chi connectivity index (χ0v) is 12.5. The summed E-state index contributed by atoms with van der Waals surface area (Å²) in [4.78, 5) is 11.9. The molecule has 0 unspecified atom stereocenters. The molecule has 0 saturated heterocycles. The number of nitrogen functional groups attached to an aromatic ring is 1. The number of anilines is 2. The van der Waals surface area contributed by atoms with E-state index in [4.69, 9.17) is 22.1 Å². The minimum atomic E-state index is -0.0857. The number of para-hydroxylation sites is 1. The molecule has 0 bridgehead atoms. The zero-order valence-electron chi connectivity index (χ0n) is 11.7. The van der Waals surface area contributed by atoms with Crippen LogP contribution < -0.4 is 15.8 Å². The van der Waals surface area contributed by atoms with E-state index >= 15 is 0 Å². The molecule has 110 valence electrons. The van der Waals surface area contributed by atoms with E-state index in [1.807, 2.05) is 24.3 Å². The van der Waals surface area contributed by atoms with Crippen molar-refractivity contribution in [1.82, 2.24) is 0 Å². The molecular formula is C16H17ClN2O2. The van der Waals surface area contributed by atoms with Crippen LogP contribution in [0.15, 0.2) is 42.5 Å². The van der Waals surface area contributed by atoms with E-state index in [0.29, 0.717) is 35.0 Å². The van der Waals surface area contributed by atoms with E-state index in [0.717, 1.165) is 5.56 Å². The molecule has 3 N–H and O–H groups in total. The zero-order chi connectivity index (χ0) is 15.2. The predicted molar refractivity (Wildman–Crippen MR) is 85.8 cm³/mol. The van der Waals surface area contributed by atoms with Crippen molar-refractivity contribution in [2.45, 2.75) is 12.8 Å². The van der Waals surface area contributed by atoms with Crippen molar-refractivity contribution in [3.63, 3.8) is 0 Å². The number of carbonyl (C=O) groups is 1. The Morgan fingerprint density at radius 2 is 2.05 bits per heavy atom. The van der Waals surface area contributed by atoms with Crippen molar-refractivity contribution in [1.29, 1.82) is 0 Å². The quantitative estimate of drug-likeness (QED) is 0.831. The number of benzene rings is 2. The summed E-state index contributed by atoms with van der Waals surface area (Å²) in [6.45, 7) is 0. The number of amides is 1. The molecule has 1 amide bonds. The average Bonchev–Trinajstić information content (AvgIpc) is 2.48. The first-order valence-corrected chi connectivity index (χ1v) is 6.94. The number of carbonyl (C=O) groups excluding carboxylic acids is 1. The molecule has 2 rings (SSSR count). The van der Waals surface area contributed by atoms with Gasteiger partial charge in [-0.2, -0.15) is 0 Å². The summed E-state index contributed by atoms with van der Waals surface area (Å²) in [7, 11) is 1.57. The molecule has 2 aromatic rings.